The third kappa shape index (κ3) is 4.42. The number of aromatic amines is 1. The number of hydrogen-bond donors (Lipinski definition) is 1. The molecule has 1 aliphatic rings. The Labute approximate surface area is 180 Å². The Morgan fingerprint density at radius 3 is 2.93 bits per heavy atom. The number of carbonyl (C=O) groups is 1. The highest BCUT2D eigenvalue weighted by atomic mass is 32.2. The molecule has 0 bridgehead atoms. The molecule has 4 heterocycles. The molecule has 0 spiro atoms. The van der Waals surface area contributed by atoms with Gasteiger partial charge in [0, 0.05) is 28.9 Å². The molecular formula is C18H19N3O4S4. The second kappa shape index (κ2) is 8.21. The molecule has 1 atom stereocenters. The summed E-state index contributed by atoms with van der Waals surface area (Å²) in [4.78, 5) is 35.6. The fourth-order valence-electron chi connectivity index (χ4n) is 3.30. The van der Waals surface area contributed by atoms with Crippen LogP contribution in [-0.4, -0.2) is 59.5 Å². The van der Waals surface area contributed by atoms with Crippen LogP contribution in [-0.2, 0) is 20.4 Å². The van der Waals surface area contributed by atoms with E-state index in [1.807, 2.05) is 22.9 Å². The number of nitrogens with one attached hydrogen (secondary N) is 1. The maximum absolute atomic E-state index is 12.6. The molecule has 4 rings (SSSR count). The first kappa shape index (κ1) is 20.6. The molecule has 1 amide bonds. The molecule has 1 fully saturated rings. The van der Waals surface area contributed by atoms with Gasteiger partial charge in [0.05, 0.1) is 28.4 Å². The summed E-state index contributed by atoms with van der Waals surface area (Å²) in [6.07, 6.45) is 0.492. The summed E-state index contributed by atoms with van der Waals surface area (Å²) in [5.74, 6) is 1.21. The number of nitrogens with zero attached hydrogens (tertiary/aromatic N) is 2. The van der Waals surface area contributed by atoms with Gasteiger partial charge >= 0.3 is 0 Å². The highest BCUT2D eigenvalue weighted by Gasteiger charge is 2.32. The molecule has 7 nitrogen and oxygen atoms in total. The number of rotatable bonds is 6. The predicted octanol–water partition coefficient (Wildman–Crippen LogP) is 2.59. The van der Waals surface area contributed by atoms with Crippen molar-refractivity contribution in [2.75, 3.05) is 24.3 Å². The molecule has 0 saturated carbocycles. The van der Waals surface area contributed by atoms with Crippen LogP contribution in [0.5, 0.6) is 0 Å². The number of fused-ring (bicyclic) bond motifs is 1. The SMILES string of the molecule is CN(C(=O)CSCc1nc2scc(-c3cccs3)c2c(=O)[nH]1)C1CCS(=O)(=O)C1. The van der Waals surface area contributed by atoms with Crippen LogP contribution in [0, 0.1) is 0 Å². The summed E-state index contributed by atoms with van der Waals surface area (Å²) in [6, 6.07) is 3.68. The Bertz CT molecular complexity index is 1200. The number of thiophene rings is 2. The molecule has 11 heteroatoms. The van der Waals surface area contributed by atoms with Gasteiger partial charge in [0.1, 0.15) is 10.7 Å². The first-order valence-electron chi connectivity index (χ1n) is 8.92. The molecule has 0 aliphatic carbocycles. The van der Waals surface area contributed by atoms with Gasteiger partial charge in [-0.05, 0) is 17.9 Å². The monoisotopic (exact) mass is 469 g/mol. The van der Waals surface area contributed by atoms with Crippen molar-refractivity contribution in [3.8, 4) is 10.4 Å². The Balaban J connectivity index is 1.40. The van der Waals surface area contributed by atoms with E-state index in [9.17, 15) is 18.0 Å². The number of H-pyrrole nitrogens is 1. The van der Waals surface area contributed by atoms with Crippen molar-refractivity contribution in [3.63, 3.8) is 0 Å². The van der Waals surface area contributed by atoms with Gasteiger partial charge in [-0.15, -0.1) is 34.4 Å². The van der Waals surface area contributed by atoms with Crippen LogP contribution in [0.3, 0.4) is 0 Å². The van der Waals surface area contributed by atoms with Crippen LogP contribution in [0.1, 0.15) is 12.2 Å². The third-order valence-corrected chi connectivity index (χ3v) is 9.35. The first-order valence-corrected chi connectivity index (χ1v) is 13.7. The third-order valence-electron chi connectivity index (χ3n) is 4.89. The van der Waals surface area contributed by atoms with Gasteiger partial charge in [0.15, 0.2) is 9.84 Å². The van der Waals surface area contributed by atoms with Crippen LogP contribution in [0.2, 0.25) is 0 Å². The van der Waals surface area contributed by atoms with Gasteiger partial charge in [-0.2, -0.15) is 0 Å². The summed E-state index contributed by atoms with van der Waals surface area (Å²) in [5, 5.41) is 4.52. The second-order valence-corrected chi connectivity index (χ2v) is 11.9. The lowest BCUT2D eigenvalue weighted by atomic mass is 10.2. The van der Waals surface area contributed by atoms with Crippen molar-refractivity contribution in [2.24, 2.45) is 0 Å². The summed E-state index contributed by atoms with van der Waals surface area (Å²) >= 11 is 4.37. The van der Waals surface area contributed by atoms with E-state index in [-0.39, 0.29) is 34.8 Å². The van der Waals surface area contributed by atoms with E-state index in [1.165, 1.54) is 28.0 Å². The summed E-state index contributed by atoms with van der Waals surface area (Å²) in [7, 11) is -1.37. The predicted molar refractivity (Wildman–Crippen MR) is 120 cm³/mol. The van der Waals surface area contributed by atoms with E-state index < -0.39 is 9.84 Å². The lowest BCUT2D eigenvalue weighted by Gasteiger charge is -2.23. The maximum atomic E-state index is 12.6. The largest absolute Gasteiger partial charge is 0.341 e. The zero-order valence-corrected chi connectivity index (χ0v) is 18.8. The van der Waals surface area contributed by atoms with Gasteiger partial charge in [-0.3, -0.25) is 9.59 Å². The number of sulfone groups is 1. The van der Waals surface area contributed by atoms with E-state index in [0.717, 1.165) is 10.4 Å². The molecule has 1 aliphatic heterocycles. The van der Waals surface area contributed by atoms with E-state index >= 15 is 0 Å². The molecule has 1 saturated heterocycles. The number of carbonyl (C=O) groups excluding carboxylic acids is 1. The van der Waals surface area contributed by atoms with Gasteiger partial charge in [-0.25, -0.2) is 13.4 Å². The van der Waals surface area contributed by atoms with Crippen molar-refractivity contribution in [2.45, 2.75) is 18.2 Å². The molecule has 0 aromatic carbocycles. The van der Waals surface area contributed by atoms with E-state index in [1.54, 1.807) is 18.4 Å². The van der Waals surface area contributed by atoms with E-state index in [4.69, 9.17) is 0 Å². The van der Waals surface area contributed by atoms with Gasteiger partial charge in [-0.1, -0.05) is 6.07 Å². The standard InChI is InChI=1S/C18H19N3O4S4/c1-21(11-4-6-29(24,25)10-11)15(22)9-26-8-14-19-17(23)16-12(7-28-18(16)20-14)13-3-2-5-27-13/h2-3,5,7,11H,4,6,8-10H2,1H3,(H,19,20,23). The summed E-state index contributed by atoms with van der Waals surface area (Å²) < 4.78 is 23.2. The fourth-order valence-corrected chi connectivity index (χ4v) is 7.66. The minimum Gasteiger partial charge on any atom is -0.341 e. The Kier molecular flexibility index (Phi) is 5.83. The lowest BCUT2D eigenvalue weighted by molar-refractivity contribution is -0.128. The van der Waals surface area contributed by atoms with Crippen LogP contribution in [0.15, 0.2) is 27.7 Å². The molecule has 1 N–H and O–H groups in total. The van der Waals surface area contributed by atoms with Crippen LogP contribution >= 0.6 is 34.4 Å². The topological polar surface area (TPSA) is 100 Å². The fraction of sp³-hybridized carbons (Fsp3) is 0.389. The van der Waals surface area contributed by atoms with Crippen LogP contribution in [0.4, 0.5) is 0 Å². The average molecular weight is 470 g/mol. The van der Waals surface area contributed by atoms with Gasteiger partial charge < -0.3 is 9.88 Å². The van der Waals surface area contributed by atoms with Crippen molar-refractivity contribution < 1.29 is 13.2 Å². The summed E-state index contributed by atoms with van der Waals surface area (Å²) in [6.45, 7) is 0. The highest BCUT2D eigenvalue weighted by molar-refractivity contribution is 7.99. The van der Waals surface area contributed by atoms with Crippen molar-refractivity contribution >= 4 is 60.4 Å². The molecule has 3 aromatic heterocycles. The van der Waals surface area contributed by atoms with Gasteiger partial charge in [0.2, 0.25) is 5.91 Å². The number of aromatic nitrogens is 2. The quantitative estimate of drug-likeness (QED) is 0.596. The Hall–Kier alpha value is -1.69. The maximum Gasteiger partial charge on any atom is 0.260 e. The van der Waals surface area contributed by atoms with Crippen molar-refractivity contribution in [3.05, 3.63) is 39.1 Å². The second-order valence-electron chi connectivity index (χ2n) is 6.87. The molecule has 3 aromatic rings. The number of hydrogen-bond acceptors (Lipinski definition) is 8. The molecular weight excluding hydrogens is 450 g/mol. The molecule has 29 heavy (non-hydrogen) atoms. The van der Waals surface area contributed by atoms with Crippen molar-refractivity contribution in [1.29, 1.82) is 0 Å². The van der Waals surface area contributed by atoms with Crippen LogP contribution in [0.25, 0.3) is 20.7 Å². The molecule has 1 unspecified atom stereocenters. The van der Waals surface area contributed by atoms with E-state index in [0.29, 0.717) is 28.2 Å². The number of amides is 1. The van der Waals surface area contributed by atoms with E-state index in [2.05, 4.69) is 9.97 Å². The Morgan fingerprint density at radius 2 is 2.24 bits per heavy atom. The zero-order valence-electron chi connectivity index (χ0n) is 15.6. The highest BCUT2D eigenvalue weighted by Crippen LogP contribution is 2.33. The normalized spacial score (nSPS) is 18.3. The smallest absolute Gasteiger partial charge is 0.260 e. The molecule has 0 radical (unpaired) electrons. The molecule has 154 valence electrons. The average Bonchev–Trinajstić information content (AvgIpc) is 3.40. The minimum absolute atomic E-state index is 0.0381. The van der Waals surface area contributed by atoms with Crippen molar-refractivity contribution in [1.82, 2.24) is 14.9 Å². The van der Waals surface area contributed by atoms with Gasteiger partial charge in [0.25, 0.3) is 5.56 Å². The lowest BCUT2D eigenvalue weighted by Crippen LogP contribution is -2.38. The summed E-state index contributed by atoms with van der Waals surface area (Å²) in [5.41, 5.74) is 0.728. The zero-order chi connectivity index (χ0) is 20.6. The number of thioether (sulfide) groups is 1. The van der Waals surface area contributed by atoms with Crippen LogP contribution < -0.4 is 5.56 Å². The minimum atomic E-state index is -3.03. The Morgan fingerprint density at radius 1 is 1.41 bits per heavy atom. The first-order chi connectivity index (χ1) is 13.8.